The molecule has 0 aromatic rings. The number of rotatable bonds is 48. The lowest BCUT2D eigenvalue weighted by Crippen LogP contribution is -2.32. The molecule has 10 nitrogen and oxygen atoms in total. The molecule has 0 aromatic carbocycles. The number of unbranched alkanes of at least 4 members (excludes halogenated alkanes) is 30. The van der Waals surface area contributed by atoms with Crippen LogP contribution in [0, 0.1) is 0 Å². The maximum absolute atomic E-state index is 12.0. The fraction of sp³-hybridized carbons (Fsp3) is 1.00. The molecular formula is C46H98NO9P. The van der Waals surface area contributed by atoms with Crippen LogP contribution in [0.4, 0.5) is 0 Å². The Kier molecular flexibility index (Phi) is 53.8. The van der Waals surface area contributed by atoms with Crippen molar-refractivity contribution in [2.75, 3.05) is 79.1 Å². The molecule has 0 saturated heterocycles. The molecule has 0 bridgehead atoms. The highest BCUT2D eigenvalue weighted by Crippen LogP contribution is 2.42. The van der Waals surface area contributed by atoms with Crippen LogP contribution in [0.25, 0.3) is 0 Å². The van der Waals surface area contributed by atoms with Crippen molar-refractivity contribution in [3.05, 3.63) is 0 Å². The van der Waals surface area contributed by atoms with Gasteiger partial charge in [-0.05, 0) is 12.8 Å². The van der Waals surface area contributed by atoms with Gasteiger partial charge in [0.15, 0.2) is 0 Å². The van der Waals surface area contributed by atoms with Gasteiger partial charge in [0.1, 0.15) is 0 Å². The largest absolute Gasteiger partial charge is 0.472 e. The van der Waals surface area contributed by atoms with Crippen LogP contribution in [0.2, 0.25) is 0 Å². The average molecular weight is 840 g/mol. The van der Waals surface area contributed by atoms with Crippen molar-refractivity contribution in [2.24, 2.45) is 0 Å². The van der Waals surface area contributed by atoms with Crippen LogP contribution in [0.3, 0.4) is 0 Å². The van der Waals surface area contributed by atoms with E-state index in [0.29, 0.717) is 46.1 Å². The highest BCUT2D eigenvalue weighted by atomic mass is 31.2. The van der Waals surface area contributed by atoms with Crippen LogP contribution in [0.15, 0.2) is 0 Å². The van der Waals surface area contributed by atoms with Crippen LogP contribution in [-0.4, -0.2) is 104 Å². The van der Waals surface area contributed by atoms with Gasteiger partial charge in [-0.1, -0.05) is 206 Å². The molecule has 0 heterocycles. The lowest BCUT2D eigenvalue weighted by atomic mass is 10.0. The standard InChI is InChI=1S/C40H83O6P.C6H15NO3/c1-3-5-7-9-11-13-15-17-19-21-23-25-27-29-31-33-35-43-37-39-45-47(41,42)46-40-38-44-36-34-32-30-28-26-24-22-20-18-16-14-12-10-8-6-4-2;8-4-1-7(2-5-9)3-6-10/h3-40H2,1-2H3,(H,41,42);8-10H,1-6H2. The zero-order valence-corrected chi connectivity index (χ0v) is 38.7. The summed E-state index contributed by atoms with van der Waals surface area (Å²) in [5.74, 6) is 0. The molecule has 346 valence electrons. The second-order valence-electron chi connectivity index (χ2n) is 16.0. The predicted molar refractivity (Wildman–Crippen MR) is 240 cm³/mol. The van der Waals surface area contributed by atoms with Crippen molar-refractivity contribution in [1.29, 1.82) is 0 Å². The third-order valence-electron chi connectivity index (χ3n) is 10.5. The molecule has 0 spiro atoms. The molecule has 0 aliphatic rings. The van der Waals surface area contributed by atoms with E-state index in [2.05, 4.69) is 13.8 Å². The Hall–Kier alpha value is -0.130. The predicted octanol–water partition coefficient (Wildman–Crippen LogP) is 11.9. The van der Waals surface area contributed by atoms with Gasteiger partial charge in [0.25, 0.3) is 0 Å². The normalized spacial score (nSPS) is 11.8. The van der Waals surface area contributed by atoms with E-state index in [4.69, 9.17) is 33.8 Å². The summed E-state index contributed by atoms with van der Waals surface area (Å²) in [6.07, 6.45) is 43.2. The molecule has 4 N–H and O–H groups in total. The summed E-state index contributed by atoms with van der Waals surface area (Å²) >= 11 is 0. The van der Waals surface area contributed by atoms with Gasteiger partial charge in [-0.25, -0.2) is 4.57 Å². The highest BCUT2D eigenvalue weighted by molar-refractivity contribution is 7.47. The topological polar surface area (TPSA) is 138 Å². The Labute approximate surface area is 353 Å². The van der Waals surface area contributed by atoms with E-state index in [9.17, 15) is 9.46 Å². The molecule has 0 aliphatic heterocycles. The maximum Gasteiger partial charge on any atom is 0.472 e. The summed E-state index contributed by atoms with van der Waals surface area (Å²) in [6, 6.07) is 0. The number of nitrogens with zero attached hydrogens (tertiary/aromatic N) is 1. The van der Waals surface area contributed by atoms with Gasteiger partial charge in [-0.2, -0.15) is 0 Å². The molecule has 0 aliphatic carbocycles. The number of phosphoric acid groups is 1. The lowest BCUT2D eigenvalue weighted by molar-refractivity contribution is 0.0564. The molecule has 0 rings (SSSR count). The lowest BCUT2D eigenvalue weighted by Gasteiger charge is -2.17. The first-order chi connectivity index (χ1) is 28.0. The van der Waals surface area contributed by atoms with Gasteiger partial charge in [0.2, 0.25) is 0 Å². The van der Waals surface area contributed by atoms with Crippen molar-refractivity contribution >= 4 is 7.82 Å². The summed E-state index contributed by atoms with van der Waals surface area (Å²) in [7, 11) is -4.04. The Morgan fingerprint density at radius 2 is 0.579 bits per heavy atom. The number of aliphatic hydroxyl groups is 3. The van der Waals surface area contributed by atoms with E-state index in [1.807, 2.05) is 0 Å². The molecule has 11 heteroatoms. The van der Waals surface area contributed by atoms with Crippen molar-refractivity contribution in [3.8, 4) is 0 Å². The van der Waals surface area contributed by atoms with E-state index in [1.165, 1.54) is 193 Å². The number of phosphoric ester groups is 1. The monoisotopic (exact) mass is 840 g/mol. The summed E-state index contributed by atoms with van der Waals surface area (Å²) in [6.45, 7) is 8.40. The van der Waals surface area contributed by atoms with E-state index >= 15 is 0 Å². The fourth-order valence-electron chi connectivity index (χ4n) is 6.93. The number of hydrogen-bond donors (Lipinski definition) is 4. The smallest absolute Gasteiger partial charge is 0.395 e. The average Bonchev–Trinajstić information content (AvgIpc) is 3.20. The second-order valence-corrected chi connectivity index (χ2v) is 17.4. The Morgan fingerprint density at radius 3 is 0.807 bits per heavy atom. The third kappa shape index (κ3) is 53.9. The van der Waals surface area contributed by atoms with E-state index in [0.717, 1.165) is 12.8 Å². The first-order valence-electron chi connectivity index (χ1n) is 24.3. The maximum atomic E-state index is 12.0. The molecule has 0 unspecified atom stereocenters. The Balaban J connectivity index is 0. The van der Waals surface area contributed by atoms with Crippen LogP contribution >= 0.6 is 7.82 Å². The molecule has 57 heavy (non-hydrogen) atoms. The summed E-state index contributed by atoms with van der Waals surface area (Å²) < 4.78 is 33.1. The van der Waals surface area contributed by atoms with Crippen molar-refractivity contribution in [1.82, 2.24) is 4.90 Å². The second kappa shape index (κ2) is 52.0. The van der Waals surface area contributed by atoms with E-state index in [-0.39, 0.29) is 33.0 Å². The van der Waals surface area contributed by atoms with Gasteiger partial charge in [0.05, 0.1) is 46.2 Å². The molecule has 0 aromatic heterocycles. The van der Waals surface area contributed by atoms with Crippen LogP contribution < -0.4 is 0 Å². The van der Waals surface area contributed by atoms with Crippen molar-refractivity contribution in [2.45, 2.75) is 219 Å². The third-order valence-corrected chi connectivity index (χ3v) is 11.5. The van der Waals surface area contributed by atoms with Crippen molar-refractivity contribution < 1.29 is 43.3 Å². The first-order valence-corrected chi connectivity index (χ1v) is 25.8. The Bertz CT molecular complexity index is 705. The molecule has 0 radical (unpaired) electrons. The quantitative estimate of drug-likeness (QED) is 0.0346. The molecule has 0 fully saturated rings. The van der Waals surface area contributed by atoms with Crippen LogP contribution in [-0.2, 0) is 23.1 Å². The number of aliphatic hydroxyl groups excluding tert-OH is 3. The first kappa shape index (κ1) is 59.0. The molecule has 0 saturated carbocycles. The van der Waals surface area contributed by atoms with Gasteiger partial charge in [-0.3, -0.25) is 13.9 Å². The minimum absolute atomic E-state index is 0.0622. The molecule has 0 amide bonds. The van der Waals surface area contributed by atoms with Crippen molar-refractivity contribution in [3.63, 3.8) is 0 Å². The molecule has 0 atom stereocenters. The minimum atomic E-state index is -4.04. The van der Waals surface area contributed by atoms with Gasteiger partial charge in [-0.15, -0.1) is 0 Å². The van der Waals surface area contributed by atoms with Gasteiger partial charge < -0.3 is 29.7 Å². The highest BCUT2D eigenvalue weighted by Gasteiger charge is 2.20. The number of ether oxygens (including phenoxy) is 2. The van der Waals surface area contributed by atoms with E-state index < -0.39 is 7.82 Å². The fourth-order valence-corrected chi connectivity index (χ4v) is 7.61. The summed E-state index contributed by atoms with van der Waals surface area (Å²) in [5, 5.41) is 25.5. The number of hydrogen-bond acceptors (Lipinski definition) is 9. The SMILES string of the molecule is CCCCCCCCCCCCCCCCCCOCCOP(=O)(O)OCCOCCCCCCCCCCCCCCCCCC.OCCN(CCO)CCO. The zero-order chi connectivity index (χ0) is 42.0. The Morgan fingerprint density at radius 1 is 0.351 bits per heavy atom. The van der Waals surface area contributed by atoms with Crippen LogP contribution in [0.1, 0.15) is 219 Å². The minimum Gasteiger partial charge on any atom is -0.395 e. The van der Waals surface area contributed by atoms with Gasteiger partial charge in [0, 0.05) is 32.8 Å². The zero-order valence-electron chi connectivity index (χ0n) is 37.8. The van der Waals surface area contributed by atoms with Crippen LogP contribution in [0.5, 0.6) is 0 Å². The van der Waals surface area contributed by atoms with E-state index in [1.54, 1.807) is 4.90 Å². The summed E-state index contributed by atoms with van der Waals surface area (Å²) in [4.78, 5) is 11.6. The summed E-state index contributed by atoms with van der Waals surface area (Å²) in [5.41, 5.74) is 0. The van der Waals surface area contributed by atoms with Gasteiger partial charge >= 0.3 is 7.82 Å². The molecular weight excluding hydrogens is 741 g/mol.